The zero-order valence-electron chi connectivity index (χ0n) is 12.3. The molecule has 1 atom stereocenters. The predicted molar refractivity (Wildman–Crippen MR) is 79.6 cm³/mol. The Bertz CT molecular complexity index is 650. The molecule has 110 valence electrons. The van der Waals surface area contributed by atoms with Crippen LogP contribution >= 0.6 is 0 Å². The molecule has 1 amide bonds. The number of amides is 1. The standard InChI is InChI=1S/C16H19N3O2/c1-12-7-10-19(17-12)15-6-4-3-5-14(15)16(20)18-9-8-13(11-18)21-2/h3-7,10,13H,8-9,11H2,1-2H3/t13-/m0/s1. The summed E-state index contributed by atoms with van der Waals surface area (Å²) in [6.45, 7) is 3.33. The lowest BCUT2D eigenvalue weighted by molar-refractivity contribution is 0.0724. The Morgan fingerprint density at radius 3 is 2.81 bits per heavy atom. The summed E-state index contributed by atoms with van der Waals surface area (Å²) in [5.74, 6) is 0.0401. The maximum Gasteiger partial charge on any atom is 0.256 e. The summed E-state index contributed by atoms with van der Waals surface area (Å²) in [7, 11) is 1.69. The van der Waals surface area contributed by atoms with Gasteiger partial charge in [0.2, 0.25) is 0 Å². The highest BCUT2D eigenvalue weighted by atomic mass is 16.5. The van der Waals surface area contributed by atoms with E-state index in [2.05, 4.69) is 5.10 Å². The van der Waals surface area contributed by atoms with Crippen molar-refractivity contribution in [1.82, 2.24) is 14.7 Å². The minimum atomic E-state index is 0.0401. The Morgan fingerprint density at radius 1 is 1.33 bits per heavy atom. The second kappa shape index (κ2) is 5.69. The van der Waals surface area contributed by atoms with Gasteiger partial charge in [-0.2, -0.15) is 5.10 Å². The van der Waals surface area contributed by atoms with Gasteiger partial charge in [0.1, 0.15) is 0 Å². The number of rotatable bonds is 3. The van der Waals surface area contributed by atoms with Crippen molar-refractivity contribution in [2.24, 2.45) is 0 Å². The molecule has 0 radical (unpaired) electrons. The van der Waals surface area contributed by atoms with Crippen LogP contribution in [0.25, 0.3) is 5.69 Å². The molecule has 2 aromatic rings. The van der Waals surface area contributed by atoms with E-state index >= 15 is 0 Å². The Labute approximate surface area is 124 Å². The van der Waals surface area contributed by atoms with Gasteiger partial charge >= 0.3 is 0 Å². The van der Waals surface area contributed by atoms with E-state index in [0.717, 1.165) is 24.3 Å². The number of carbonyl (C=O) groups is 1. The van der Waals surface area contributed by atoms with Crippen LogP contribution in [0.2, 0.25) is 0 Å². The molecular weight excluding hydrogens is 266 g/mol. The fourth-order valence-corrected chi connectivity index (χ4v) is 2.68. The molecule has 0 aliphatic carbocycles. The zero-order valence-corrected chi connectivity index (χ0v) is 12.3. The highest BCUT2D eigenvalue weighted by molar-refractivity contribution is 5.97. The van der Waals surface area contributed by atoms with Crippen molar-refractivity contribution in [3.05, 3.63) is 47.8 Å². The van der Waals surface area contributed by atoms with Crippen LogP contribution in [0.15, 0.2) is 36.5 Å². The molecule has 0 saturated carbocycles. The van der Waals surface area contributed by atoms with Gasteiger partial charge in [-0.15, -0.1) is 0 Å². The summed E-state index contributed by atoms with van der Waals surface area (Å²) in [6.07, 6.45) is 2.92. The molecule has 0 bridgehead atoms. The number of likely N-dealkylation sites (tertiary alicyclic amines) is 1. The van der Waals surface area contributed by atoms with E-state index in [0.29, 0.717) is 12.1 Å². The third kappa shape index (κ3) is 2.69. The highest BCUT2D eigenvalue weighted by Gasteiger charge is 2.28. The van der Waals surface area contributed by atoms with Gasteiger partial charge in [0.15, 0.2) is 0 Å². The molecule has 5 nitrogen and oxygen atoms in total. The van der Waals surface area contributed by atoms with Gasteiger partial charge in [0.05, 0.1) is 23.0 Å². The van der Waals surface area contributed by atoms with Crippen molar-refractivity contribution in [2.45, 2.75) is 19.4 Å². The lowest BCUT2D eigenvalue weighted by Crippen LogP contribution is -2.30. The van der Waals surface area contributed by atoms with Crippen LogP contribution in [0.5, 0.6) is 0 Å². The second-order valence-corrected chi connectivity index (χ2v) is 5.32. The largest absolute Gasteiger partial charge is 0.380 e. The number of hydrogen-bond donors (Lipinski definition) is 0. The minimum absolute atomic E-state index is 0.0401. The van der Waals surface area contributed by atoms with Crippen molar-refractivity contribution < 1.29 is 9.53 Å². The van der Waals surface area contributed by atoms with E-state index in [-0.39, 0.29) is 12.0 Å². The second-order valence-electron chi connectivity index (χ2n) is 5.32. The molecule has 0 N–H and O–H groups in total. The van der Waals surface area contributed by atoms with Crippen molar-refractivity contribution in [2.75, 3.05) is 20.2 Å². The van der Waals surface area contributed by atoms with Gasteiger partial charge in [0, 0.05) is 26.4 Å². The first-order valence-corrected chi connectivity index (χ1v) is 7.13. The number of aromatic nitrogens is 2. The average molecular weight is 285 g/mol. The molecular formula is C16H19N3O2. The van der Waals surface area contributed by atoms with Crippen molar-refractivity contribution in [3.63, 3.8) is 0 Å². The third-order valence-electron chi connectivity index (χ3n) is 3.87. The molecule has 1 aliphatic heterocycles. The van der Waals surface area contributed by atoms with E-state index in [4.69, 9.17) is 4.74 Å². The van der Waals surface area contributed by atoms with E-state index in [1.165, 1.54) is 0 Å². The number of aryl methyl sites for hydroxylation is 1. The number of carbonyl (C=O) groups excluding carboxylic acids is 1. The van der Waals surface area contributed by atoms with Crippen LogP contribution in [0.1, 0.15) is 22.5 Å². The summed E-state index contributed by atoms with van der Waals surface area (Å²) in [5, 5.41) is 4.40. The van der Waals surface area contributed by atoms with Crippen LogP contribution in [-0.2, 0) is 4.74 Å². The smallest absolute Gasteiger partial charge is 0.256 e. The molecule has 0 unspecified atom stereocenters. The predicted octanol–water partition coefficient (Wildman–Crippen LogP) is 2.04. The van der Waals surface area contributed by atoms with E-state index in [9.17, 15) is 4.79 Å². The van der Waals surface area contributed by atoms with Gasteiger partial charge in [-0.25, -0.2) is 4.68 Å². The number of ether oxygens (including phenoxy) is 1. The van der Waals surface area contributed by atoms with Crippen LogP contribution in [0.3, 0.4) is 0 Å². The maximum absolute atomic E-state index is 12.7. The fraction of sp³-hybridized carbons (Fsp3) is 0.375. The monoisotopic (exact) mass is 285 g/mol. The quantitative estimate of drug-likeness (QED) is 0.867. The first-order chi connectivity index (χ1) is 10.2. The van der Waals surface area contributed by atoms with Crippen molar-refractivity contribution >= 4 is 5.91 Å². The zero-order chi connectivity index (χ0) is 14.8. The number of para-hydroxylation sites is 1. The van der Waals surface area contributed by atoms with Gasteiger partial charge < -0.3 is 9.64 Å². The maximum atomic E-state index is 12.7. The van der Waals surface area contributed by atoms with Crippen LogP contribution in [0.4, 0.5) is 0 Å². The summed E-state index contributed by atoms with van der Waals surface area (Å²) in [5.41, 5.74) is 2.42. The van der Waals surface area contributed by atoms with E-state index in [1.807, 2.05) is 48.4 Å². The van der Waals surface area contributed by atoms with Crippen molar-refractivity contribution in [3.8, 4) is 5.69 Å². The van der Waals surface area contributed by atoms with Gasteiger partial charge in [-0.1, -0.05) is 12.1 Å². The Kier molecular flexibility index (Phi) is 3.75. The minimum Gasteiger partial charge on any atom is -0.380 e. The lowest BCUT2D eigenvalue weighted by atomic mass is 10.1. The number of methoxy groups -OCH3 is 1. The molecule has 21 heavy (non-hydrogen) atoms. The van der Waals surface area contributed by atoms with Gasteiger partial charge in [-0.3, -0.25) is 4.79 Å². The molecule has 1 aromatic carbocycles. The first kappa shape index (κ1) is 13.8. The molecule has 0 spiro atoms. The normalized spacial score (nSPS) is 18.2. The van der Waals surface area contributed by atoms with E-state index < -0.39 is 0 Å². The third-order valence-corrected chi connectivity index (χ3v) is 3.87. The number of nitrogens with zero attached hydrogens (tertiary/aromatic N) is 3. The molecule has 1 fully saturated rings. The van der Waals surface area contributed by atoms with E-state index in [1.54, 1.807) is 11.8 Å². The van der Waals surface area contributed by atoms with Gasteiger partial charge in [0.25, 0.3) is 5.91 Å². The molecule has 3 rings (SSSR count). The Hall–Kier alpha value is -2.14. The SMILES string of the molecule is CO[C@H]1CCN(C(=O)c2ccccc2-n2ccc(C)n2)C1. The fourth-order valence-electron chi connectivity index (χ4n) is 2.68. The highest BCUT2D eigenvalue weighted by Crippen LogP contribution is 2.20. The average Bonchev–Trinajstić information content (AvgIpc) is 3.15. The first-order valence-electron chi connectivity index (χ1n) is 7.13. The molecule has 1 aliphatic rings. The summed E-state index contributed by atoms with van der Waals surface area (Å²) in [4.78, 5) is 14.6. The molecule has 1 saturated heterocycles. The van der Waals surface area contributed by atoms with Crippen LogP contribution in [0, 0.1) is 6.92 Å². The topological polar surface area (TPSA) is 47.4 Å². The summed E-state index contributed by atoms with van der Waals surface area (Å²) in [6, 6.07) is 9.51. The molecule has 2 heterocycles. The van der Waals surface area contributed by atoms with Gasteiger partial charge in [-0.05, 0) is 31.5 Å². The lowest BCUT2D eigenvalue weighted by Gasteiger charge is -2.18. The number of benzene rings is 1. The van der Waals surface area contributed by atoms with Crippen LogP contribution in [-0.4, -0.2) is 46.9 Å². The van der Waals surface area contributed by atoms with Crippen molar-refractivity contribution in [1.29, 1.82) is 0 Å². The summed E-state index contributed by atoms with van der Waals surface area (Å²) < 4.78 is 7.09. The molecule has 1 aromatic heterocycles. The molecule has 5 heteroatoms. The van der Waals surface area contributed by atoms with Crippen LogP contribution < -0.4 is 0 Å². The Morgan fingerprint density at radius 2 is 2.14 bits per heavy atom. The summed E-state index contributed by atoms with van der Waals surface area (Å²) >= 11 is 0. The Balaban J connectivity index is 1.90. The number of hydrogen-bond acceptors (Lipinski definition) is 3.